The quantitative estimate of drug-likeness (QED) is 0.380. The summed E-state index contributed by atoms with van der Waals surface area (Å²) in [6.45, 7) is 8.35. The van der Waals surface area contributed by atoms with Gasteiger partial charge in [-0.25, -0.2) is 4.98 Å². The lowest BCUT2D eigenvalue weighted by atomic mass is 10.0. The molecule has 4 rings (SSSR count). The summed E-state index contributed by atoms with van der Waals surface area (Å²) in [5, 5.41) is 9.06. The highest BCUT2D eigenvalue weighted by molar-refractivity contribution is 5.75. The highest BCUT2D eigenvalue weighted by Crippen LogP contribution is 2.33. The smallest absolute Gasteiger partial charge is 0.187 e. The van der Waals surface area contributed by atoms with E-state index in [0.29, 0.717) is 0 Å². The summed E-state index contributed by atoms with van der Waals surface area (Å²) in [5.41, 5.74) is 8.45. The van der Waals surface area contributed by atoms with Gasteiger partial charge >= 0.3 is 0 Å². The van der Waals surface area contributed by atoms with Crippen molar-refractivity contribution in [1.82, 2.24) is 9.38 Å². The monoisotopic (exact) mass is 354 g/mol. The zero-order valence-electron chi connectivity index (χ0n) is 16.1. The minimum Gasteiger partial charge on any atom is -0.283 e. The van der Waals surface area contributed by atoms with Crippen molar-refractivity contribution in [2.24, 2.45) is 10.2 Å². The van der Waals surface area contributed by atoms with Gasteiger partial charge in [-0.15, -0.1) is 10.2 Å². The average Bonchev–Trinajstić information content (AvgIpc) is 3.00. The summed E-state index contributed by atoms with van der Waals surface area (Å²) in [4.78, 5) is 4.85. The van der Waals surface area contributed by atoms with Crippen LogP contribution in [-0.4, -0.2) is 9.38 Å². The van der Waals surface area contributed by atoms with Crippen LogP contribution in [0.25, 0.3) is 16.9 Å². The molecule has 0 aliphatic rings. The van der Waals surface area contributed by atoms with E-state index in [-0.39, 0.29) is 0 Å². The highest BCUT2D eigenvalue weighted by Gasteiger charge is 2.14. The molecule has 0 amide bonds. The summed E-state index contributed by atoms with van der Waals surface area (Å²) in [6.07, 6.45) is 2.01. The fourth-order valence-corrected chi connectivity index (χ4v) is 3.11. The van der Waals surface area contributed by atoms with Gasteiger partial charge in [-0.2, -0.15) is 0 Å². The molecule has 2 heterocycles. The third kappa shape index (κ3) is 3.38. The Morgan fingerprint density at radius 1 is 0.778 bits per heavy atom. The summed E-state index contributed by atoms with van der Waals surface area (Å²) in [5.74, 6) is 0.745. The Morgan fingerprint density at radius 3 is 2.37 bits per heavy atom. The number of aromatic nitrogens is 2. The van der Waals surface area contributed by atoms with Crippen LogP contribution >= 0.6 is 0 Å². The Labute approximate surface area is 159 Å². The zero-order chi connectivity index (χ0) is 19.0. The van der Waals surface area contributed by atoms with Gasteiger partial charge in [-0.3, -0.25) is 4.40 Å². The first-order chi connectivity index (χ1) is 13.0. The highest BCUT2D eigenvalue weighted by atomic mass is 15.2. The fraction of sp³-hybridized carbons (Fsp3) is 0.174. The molecule has 0 saturated carbocycles. The summed E-state index contributed by atoms with van der Waals surface area (Å²) in [6, 6.07) is 18.5. The summed E-state index contributed by atoms with van der Waals surface area (Å²) in [7, 11) is 0. The van der Waals surface area contributed by atoms with Crippen LogP contribution in [0.15, 0.2) is 71.0 Å². The minimum atomic E-state index is 0.745. The topological polar surface area (TPSA) is 42.0 Å². The number of rotatable bonds is 3. The van der Waals surface area contributed by atoms with Crippen LogP contribution in [0.1, 0.15) is 22.3 Å². The zero-order valence-corrected chi connectivity index (χ0v) is 16.1. The number of hydrogen-bond acceptors (Lipinski definition) is 3. The SMILES string of the molecule is Cc1cccc(N=Nc2c(-c3ccc(C)c(C)c3)nc3cc(C)ccn23)c1. The molecule has 0 radical (unpaired) electrons. The van der Waals surface area contributed by atoms with Crippen molar-refractivity contribution in [3.63, 3.8) is 0 Å². The molecule has 0 N–H and O–H groups in total. The lowest BCUT2D eigenvalue weighted by Crippen LogP contribution is -1.85. The van der Waals surface area contributed by atoms with Gasteiger partial charge in [0.2, 0.25) is 0 Å². The van der Waals surface area contributed by atoms with Gasteiger partial charge < -0.3 is 0 Å². The van der Waals surface area contributed by atoms with E-state index < -0.39 is 0 Å². The largest absolute Gasteiger partial charge is 0.283 e. The molecule has 0 aliphatic carbocycles. The number of hydrogen-bond donors (Lipinski definition) is 0. The van der Waals surface area contributed by atoms with Gasteiger partial charge in [0, 0.05) is 11.8 Å². The second kappa shape index (κ2) is 6.80. The molecule has 4 nitrogen and oxygen atoms in total. The predicted molar refractivity (Wildman–Crippen MR) is 110 cm³/mol. The van der Waals surface area contributed by atoms with Gasteiger partial charge in [-0.1, -0.05) is 24.3 Å². The van der Waals surface area contributed by atoms with Crippen LogP contribution in [0.5, 0.6) is 0 Å². The van der Waals surface area contributed by atoms with Gasteiger partial charge in [0.15, 0.2) is 5.82 Å². The van der Waals surface area contributed by atoms with E-state index in [4.69, 9.17) is 4.98 Å². The Hall–Kier alpha value is -3.27. The number of imidazole rings is 1. The van der Waals surface area contributed by atoms with Crippen molar-refractivity contribution in [3.05, 3.63) is 83.0 Å². The third-order valence-electron chi connectivity index (χ3n) is 4.80. The Balaban J connectivity index is 1.90. The maximum absolute atomic E-state index is 4.85. The number of pyridine rings is 1. The summed E-state index contributed by atoms with van der Waals surface area (Å²) < 4.78 is 2.00. The van der Waals surface area contributed by atoms with Crippen molar-refractivity contribution in [2.45, 2.75) is 27.7 Å². The fourth-order valence-electron chi connectivity index (χ4n) is 3.11. The van der Waals surface area contributed by atoms with E-state index in [1.807, 2.05) is 28.8 Å². The van der Waals surface area contributed by atoms with Crippen molar-refractivity contribution >= 4 is 17.2 Å². The van der Waals surface area contributed by atoms with Crippen LogP contribution in [0.2, 0.25) is 0 Å². The second-order valence-electron chi connectivity index (χ2n) is 7.05. The standard InChI is InChI=1S/C23H22N4/c1-15-6-5-7-20(12-15)25-26-23-22(19-9-8-17(3)18(4)14-19)24-21-13-16(2)10-11-27(21)23/h5-14H,1-4H3. The average molecular weight is 354 g/mol. The molecule has 2 aromatic heterocycles. The number of fused-ring (bicyclic) bond motifs is 1. The lowest BCUT2D eigenvalue weighted by Gasteiger charge is -2.04. The van der Waals surface area contributed by atoms with Crippen molar-refractivity contribution in [3.8, 4) is 11.3 Å². The minimum absolute atomic E-state index is 0.745. The molecular formula is C23H22N4. The molecule has 0 saturated heterocycles. The molecule has 2 aromatic carbocycles. The molecule has 0 spiro atoms. The van der Waals surface area contributed by atoms with Gasteiger partial charge in [0.1, 0.15) is 11.3 Å². The van der Waals surface area contributed by atoms with Crippen molar-refractivity contribution < 1.29 is 0 Å². The van der Waals surface area contributed by atoms with Crippen LogP contribution < -0.4 is 0 Å². The second-order valence-corrected chi connectivity index (χ2v) is 7.05. The molecule has 134 valence electrons. The maximum atomic E-state index is 4.85. The Morgan fingerprint density at radius 2 is 1.59 bits per heavy atom. The molecule has 0 atom stereocenters. The van der Waals surface area contributed by atoms with Crippen LogP contribution in [-0.2, 0) is 0 Å². The molecule has 4 aromatic rings. The Bertz CT molecular complexity index is 1170. The van der Waals surface area contributed by atoms with Gasteiger partial charge in [0.25, 0.3) is 0 Å². The van der Waals surface area contributed by atoms with E-state index in [9.17, 15) is 0 Å². The Kier molecular flexibility index (Phi) is 4.32. The van der Waals surface area contributed by atoms with E-state index in [1.165, 1.54) is 16.7 Å². The van der Waals surface area contributed by atoms with Gasteiger partial charge in [-0.05, 0) is 80.3 Å². The van der Waals surface area contributed by atoms with Crippen LogP contribution in [0.3, 0.4) is 0 Å². The third-order valence-corrected chi connectivity index (χ3v) is 4.80. The van der Waals surface area contributed by atoms with Crippen LogP contribution in [0, 0.1) is 27.7 Å². The normalized spacial score (nSPS) is 11.6. The maximum Gasteiger partial charge on any atom is 0.187 e. The molecule has 0 bridgehead atoms. The predicted octanol–water partition coefficient (Wildman–Crippen LogP) is 6.65. The molecule has 4 heteroatoms. The molecule has 0 unspecified atom stereocenters. The van der Waals surface area contributed by atoms with Gasteiger partial charge in [0.05, 0.1) is 5.69 Å². The molecular weight excluding hydrogens is 332 g/mol. The first kappa shape index (κ1) is 17.2. The van der Waals surface area contributed by atoms with E-state index in [0.717, 1.165) is 34.0 Å². The molecule has 0 fully saturated rings. The van der Waals surface area contributed by atoms with Crippen LogP contribution in [0.4, 0.5) is 11.5 Å². The molecule has 27 heavy (non-hydrogen) atoms. The first-order valence-corrected chi connectivity index (χ1v) is 9.06. The van der Waals surface area contributed by atoms with Crippen molar-refractivity contribution in [1.29, 1.82) is 0 Å². The number of benzene rings is 2. The van der Waals surface area contributed by atoms with Crippen molar-refractivity contribution in [2.75, 3.05) is 0 Å². The lowest BCUT2D eigenvalue weighted by molar-refractivity contribution is 1.10. The van der Waals surface area contributed by atoms with E-state index >= 15 is 0 Å². The first-order valence-electron chi connectivity index (χ1n) is 9.06. The number of azo groups is 1. The summed E-state index contributed by atoms with van der Waals surface area (Å²) >= 11 is 0. The molecule has 0 aliphatic heterocycles. The number of nitrogens with zero attached hydrogens (tertiary/aromatic N) is 4. The van der Waals surface area contributed by atoms with E-state index in [1.54, 1.807) is 0 Å². The number of aryl methyl sites for hydroxylation is 4. The van der Waals surface area contributed by atoms with E-state index in [2.05, 4.69) is 74.3 Å².